The third-order valence-corrected chi connectivity index (χ3v) is 6.97. The van der Waals surface area contributed by atoms with E-state index in [-0.39, 0.29) is 24.5 Å². The Hall–Kier alpha value is -3.52. The van der Waals surface area contributed by atoms with Crippen molar-refractivity contribution in [2.75, 3.05) is 32.6 Å². The third-order valence-electron chi connectivity index (χ3n) is 6.11. The summed E-state index contributed by atoms with van der Waals surface area (Å²) in [6, 6.07) is 18.7. The number of hydrogen-bond donors (Lipinski definition) is 1. The molecule has 1 heterocycles. The molecule has 0 saturated heterocycles. The highest BCUT2D eigenvalue weighted by atomic mass is 32.1. The van der Waals surface area contributed by atoms with E-state index in [9.17, 15) is 9.59 Å². The summed E-state index contributed by atoms with van der Waals surface area (Å²) in [6.45, 7) is 4.99. The number of benzene rings is 2. The van der Waals surface area contributed by atoms with Gasteiger partial charge in [0.05, 0.1) is 20.8 Å². The number of para-hydroxylation sites is 1. The Kier molecular flexibility index (Phi) is 10.2. The van der Waals surface area contributed by atoms with Gasteiger partial charge in [-0.3, -0.25) is 4.79 Å². The highest BCUT2D eigenvalue weighted by Crippen LogP contribution is 2.28. The van der Waals surface area contributed by atoms with Crippen LogP contribution in [0.15, 0.2) is 66.0 Å². The molecule has 1 aromatic heterocycles. The van der Waals surface area contributed by atoms with Crippen LogP contribution in [0.25, 0.3) is 0 Å². The summed E-state index contributed by atoms with van der Waals surface area (Å²) in [4.78, 5) is 31.2. The van der Waals surface area contributed by atoms with Crippen LogP contribution < -0.4 is 14.8 Å². The SMILES string of the molecule is CCC(C)N(CC(=O)N(CCc1ccc(OC)c(OC)c1)Cc1cccs1)C(=O)Nc1ccccc1. The van der Waals surface area contributed by atoms with Crippen molar-refractivity contribution in [2.24, 2.45) is 0 Å². The Morgan fingerprint density at radius 1 is 1.00 bits per heavy atom. The molecule has 0 fully saturated rings. The molecule has 1 atom stereocenters. The van der Waals surface area contributed by atoms with Crippen LogP contribution in [0.1, 0.15) is 30.7 Å². The molecule has 7 nitrogen and oxygen atoms in total. The average Bonchev–Trinajstić information content (AvgIpc) is 3.42. The van der Waals surface area contributed by atoms with Crippen molar-refractivity contribution >= 4 is 29.0 Å². The molecule has 0 aliphatic rings. The number of urea groups is 1. The van der Waals surface area contributed by atoms with Crippen molar-refractivity contribution in [3.63, 3.8) is 0 Å². The Bertz CT molecular complexity index is 1110. The van der Waals surface area contributed by atoms with E-state index in [1.54, 1.807) is 30.5 Å². The van der Waals surface area contributed by atoms with Gasteiger partial charge in [0.25, 0.3) is 0 Å². The Labute approximate surface area is 217 Å². The van der Waals surface area contributed by atoms with Gasteiger partial charge in [0.15, 0.2) is 11.5 Å². The quantitative estimate of drug-likeness (QED) is 0.342. The molecular formula is C28H35N3O4S. The second-order valence-corrected chi connectivity index (χ2v) is 9.55. The molecule has 1 unspecified atom stereocenters. The van der Waals surface area contributed by atoms with Crippen LogP contribution in [0.3, 0.4) is 0 Å². The number of hydrogen-bond acceptors (Lipinski definition) is 5. The lowest BCUT2D eigenvalue weighted by atomic mass is 10.1. The summed E-state index contributed by atoms with van der Waals surface area (Å²) in [5.41, 5.74) is 1.74. The molecule has 1 N–H and O–H groups in total. The molecule has 192 valence electrons. The van der Waals surface area contributed by atoms with E-state index < -0.39 is 0 Å². The first-order chi connectivity index (χ1) is 17.4. The van der Waals surface area contributed by atoms with Crippen LogP contribution in [0, 0.1) is 0 Å². The van der Waals surface area contributed by atoms with Crippen LogP contribution >= 0.6 is 11.3 Å². The van der Waals surface area contributed by atoms with Crippen LogP contribution in [0.5, 0.6) is 11.5 Å². The highest BCUT2D eigenvalue weighted by molar-refractivity contribution is 7.09. The highest BCUT2D eigenvalue weighted by Gasteiger charge is 2.25. The van der Waals surface area contributed by atoms with Crippen LogP contribution in [-0.2, 0) is 17.8 Å². The fourth-order valence-electron chi connectivity index (χ4n) is 3.79. The second kappa shape index (κ2) is 13.5. The van der Waals surface area contributed by atoms with E-state index in [2.05, 4.69) is 5.32 Å². The summed E-state index contributed by atoms with van der Waals surface area (Å²) >= 11 is 1.62. The number of nitrogens with one attached hydrogen (secondary N) is 1. The zero-order chi connectivity index (χ0) is 25.9. The van der Waals surface area contributed by atoms with E-state index in [4.69, 9.17) is 9.47 Å². The summed E-state index contributed by atoms with van der Waals surface area (Å²) in [6.07, 6.45) is 1.39. The van der Waals surface area contributed by atoms with Gasteiger partial charge in [-0.15, -0.1) is 11.3 Å². The van der Waals surface area contributed by atoms with Crippen molar-refractivity contribution < 1.29 is 19.1 Å². The molecule has 3 amide bonds. The first kappa shape index (κ1) is 27.1. The van der Waals surface area contributed by atoms with E-state index in [1.165, 1.54) is 0 Å². The number of anilines is 1. The first-order valence-electron chi connectivity index (χ1n) is 12.1. The molecule has 0 bridgehead atoms. The zero-order valence-electron chi connectivity index (χ0n) is 21.4. The fourth-order valence-corrected chi connectivity index (χ4v) is 4.51. The van der Waals surface area contributed by atoms with Gasteiger partial charge in [-0.2, -0.15) is 0 Å². The summed E-state index contributed by atoms with van der Waals surface area (Å²) in [5.74, 6) is 1.24. The van der Waals surface area contributed by atoms with Crippen LogP contribution in [-0.4, -0.2) is 55.1 Å². The average molecular weight is 510 g/mol. The zero-order valence-corrected chi connectivity index (χ0v) is 22.2. The molecule has 3 aromatic rings. The molecular weight excluding hydrogens is 474 g/mol. The maximum Gasteiger partial charge on any atom is 0.322 e. The fraction of sp³-hybridized carbons (Fsp3) is 0.357. The topological polar surface area (TPSA) is 71.1 Å². The Morgan fingerprint density at radius 2 is 1.75 bits per heavy atom. The number of ether oxygens (including phenoxy) is 2. The molecule has 2 aromatic carbocycles. The third kappa shape index (κ3) is 7.49. The molecule has 3 rings (SSSR count). The summed E-state index contributed by atoms with van der Waals surface area (Å²) in [5, 5.41) is 4.93. The Morgan fingerprint density at radius 3 is 2.39 bits per heavy atom. The van der Waals surface area contributed by atoms with Crippen molar-refractivity contribution in [2.45, 2.75) is 39.3 Å². The van der Waals surface area contributed by atoms with Gasteiger partial charge in [0, 0.05) is 23.2 Å². The summed E-state index contributed by atoms with van der Waals surface area (Å²) in [7, 11) is 3.22. The lowest BCUT2D eigenvalue weighted by Gasteiger charge is -2.31. The number of nitrogens with zero attached hydrogens (tertiary/aromatic N) is 2. The van der Waals surface area contributed by atoms with Gasteiger partial charge >= 0.3 is 6.03 Å². The van der Waals surface area contributed by atoms with Gasteiger partial charge in [0.2, 0.25) is 5.91 Å². The van der Waals surface area contributed by atoms with Crippen molar-refractivity contribution in [1.29, 1.82) is 0 Å². The van der Waals surface area contributed by atoms with E-state index >= 15 is 0 Å². The van der Waals surface area contributed by atoms with Crippen LogP contribution in [0.2, 0.25) is 0 Å². The number of methoxy groups -OCH3 is 2. The van der Waals surface area contributed by atoms with Gasteiger partial charge in [-0.1, -0.05) is 37.3 Å². The van der Waals surface area contributed by atoms with Crippen LogP contribution in [0.4, 0.5) is 10.5 Å². The monoisotopic (exact) mass is 509 g/mol. The minimum atomic E-state index is -0.278. The molecule has 0 aliphatic carbocycles. The minimum Gasteiger partial charge on any atom is -0.493 e. The van der Waals surface area contributed by atoms with Crippen molar-refractivity contribution in [3.8, 4) is 11.5 Å². The predicted molar refractivity (Wildman–Crippen MR) is 145 cm³/mol. The Balaban J connectivity index is 1.75. The van der Waals surface area contributed by atoms with Gasteiger partial charge in [0.1, 0.15) is 6.54 Å². The number of carbonyl (C=O) groups is 2. The molecule has 8 heteroatoms. The number of rotatable bonds is 12. The molecule has 0 radical (unpaired) electrons. The molecule has 0 aliphatic heterocycles. The number of amides is 3. The predicted octanol–water partition coefficient (Wildman–Crippen LogP) is 5.67. The number of carbonyl (C=O) groups excluding carboxylic acids is 2. The summed E-state index contributed by atoms with van der Waals surface area (Å²) < 4.78 is 10.8. The van der Waals surface area contributed by atoms with Gasteiger partial charge in [-0.05, 0) is 61.0 Å². The second-order valence-electron chi connectivity index (χ2n) is 8.52. The van der Waals surface area contributed by atoms with Crippen molar-refractivity contribution in [1.82, 2.24) is 9.80 Å². The van der Waals surface area contributed by atoms with E-state index in [0.29, 0.717) is 36.7 Å². The van der Waals surface area contributed by atoms with Gasteiger partial charge < -0.3 is 24.6 Å². The molecule has 0 spiro atoms. The minimum absolute atomic E-state index is 0.00494. The number of thiophene rings is 1. The first-order valence-corrected chi connectivity index (χ1v) is 13.0. The smallest absolute Gasteiger partial charge is 0.322 e. The maximum absolute atomic E-state index is 13.6. The normalized spacial score (nSPS) is 11.4. The molecule has 0 saturated carbocycles. The lowest BCUT2D eigenvalue weighted by molar-refractivity contribution is -0.132. The largest absolute Gasteiger partial charge is 0.493 e. The molecule has 36 heavy (non-hydrogen) atoms. The standard InChI is InChI=1S/C28H35N3O4S/c1-5-21(2)31(28(33)29-23-10-7-6-8-11-23)20-27(32)30(19-24-12-9-17-36-24)16-15-22-13-14-25(34-3)26(18-22)35-4/h6-14,17-18,21H,5,15-16,19-20H2,1-4H3,(H,29,33). The maximum atomic E-state index is 13.6. The van der Waals surface area contributed by atoms with E-state index in [1.807, 2.05) is 84.8 Å². The van der Waals surface area contributed by atoms with E-state index in [0.717, 1.165) is 16.9 Å². The lowest BCUT2D eigenvalue weighted by Crippen LogP contribution is -2.48. The van der Waals surface area contributed by atoms with Crippen molar-refractivity contribution in [3.05, 3.63) is 76.5 Å². The van der Waals surface area contributed by atoms with Gasteiger partial charge in [-0.25, -0.2) is 4.79 Å².